The zero-order valence-corrected chi connectivity index (χ0v) is 18.2. The number of fused-ring (bicyclic) bond motifs is 1. The lowest BCUT2D eigenvalue weighted by molar-refractivity contribution is -0.118. The number of thioether (sulfide) groups is 1. The highest BCUT2D eigenvalue weighted by molar-refractivity contribution is 7.99. The maximum atomic E-state index is 13.3. The highest BCUT2D eigenvalue weighted by Crippen LogP contribution is 2.23. The summed E-state index contributed by atoms with van der Waals surface area (Å²) in [6.07, 6.45) is 0.942. The fourth-order valence-electron chi connectivity index (χ4n) is 3.06. The van der Waals surface area contributed by atoms with E-state index in [4.69, 9.17) is 4.98 Å². The standard InChI is InChI=1S/C23H27N3O2S/c1-15(2)11-12-24-21(27)14-29-23-25-19-8-6-5-7-18(19)22(28)26(23)20-13-16(3)9-10-17(20)4/h5-10,13,15H,11-12,14H2,1-4H3,(H,24,27). The SMILES string of the molecule is Cc1ccc(C)c(-n2c(SCC(=O)NCCC(C)C)nc3ccccc3c2=O)c1. The van der Waals surface area contributed by atoms with Gasteiger partial charge < -0.3 is 5.32 Å². The maximum absolute atomic E-state index is 13.3. The number of carbonyl (C=O) groups is 1. The van der Waals surface area contributed by atoms with Crippen molar-refractivity contribution < 1.29 is 4.79 Å². The number of nitrogens with one attached hydrogen (secondary N) is 1. The van der Waals surface area contributed by atoms with E-state index in [1.54, 1.807) is 10.6 Å². The molecular weight excluding hydrogens is 382 g/mol. The van der Waals surface area contributed by atoms with Gasteiger partial charge in [0.05, 0.1) is 22.3 Å². The number of aromatic nitrogens is 2. The molecule has 0 spiro atoms. The van der Waals surface area contributed by atoms with E-state index in [9.17, 15) is 9.59 Å². The Morgan fingerprint density at radius 2 is 1.93 bits per heavy atom. The summed E-state index contributed by atoms with van der Waals surface area (Å²) in [5.41, 5.74) is 3.37. The van der Waals surface area contributed by atoms with Crippen LogP contribution in [0.5, 0.6) is 0 Å². The quantitative estimate of drug-likeness (QED) is 0.468. The fourth-order valence-corrected chi connectivity index (χ4v) is 3.90. The van der Waals surface area contributed by atoms with Crippen molar-refractivity contribution in [3.63, 3.8) is 0 Å². The van der Waals surface area contributed by atoms with Gasteiger partial charge in [-0.15, -0.1) is 0 Å². The first-order valence-electron chi connectivity index (χ1n) is 9.85. The summed E-state index contributed by atoms with van der Waals surface area (Å²) >= 11 is 1.29. The topological polar surface area (TPSA) is 64.0 Å². The Kier molecular flexibility index (Phi) is 6.75. The van der Waals surface area contributed by atoms with Gasteiger partial charge in [0, 0.05) is 6.54 Å². The molecule has 152 valence electrons. The third-order valence-electron chi connectivity index (χ3n) is 4.73. The lowest BCUT2D eigenvalue weighted by Crippen LogP contribution is -2.28. The van der Waals surface area contributed by atoms with Crippen LogP contribution < -0.4 is 10.9 Å². The Bertz CT molecular complexity index is 1090. The molecule has 0 aliphatic heterocycles. The van der Waals surface area contributed by atoms with Gasteiger partial charge in [-0.05, 0) is 55.5 Å². The van der Waals surface area contributed by atoms with Gasteiger partial charge in [-0.3, -0.25) is 14.2 Å². The molecule has 2 aromatic carbocycles. The molecule has 6 heteroatoms. The molecule has 5 nitrogen and oxygen atoms in total. The Hall–Kier alpha value is -2.60. The van der Waals surface area contributed by atoms with Crippen LogP contribution in [0.25, 0.3) is 16.6 Å². The highest BCUT2D eigenvalue weighted by atomic mass is 32.2. The van der Waals surface area contributed by atoms with Crippen LogP contribution in [0.2, 0.25) is 0 Å². The largest absolute Gasteiger partial charge is 0.355 e. The molecule has 1 heterocycles. The monoisotopic (exact) mass is 409 g/mol. The van der Waals surface area contributed by atoms with Gasteiger partial charge in [0.2, 0.25) is 5.91 Å². The summed E-state index contributed by atoms with van der Waals surface area (Å²) in [6.45, 7) is 8.89. The Morgan fingerprint density at radius 1 is 1.17 bits per heavy atom. The van der Waals surface area contributed by atoms with Gasteiger partial charge in [-0.25, -0.2) is 4.98 Å². The second-order valence-electron chi connectivity index (χ2n) is 7.66. The molecule has 0 radical (unpaired) electrons. The number of hydrogen-bond acceptors (Lipinski definition) is 4. The molecule has 3 rings (SSSR count). The molecule has 1 N–H and O–H groups in total. The van der Waals surface area contributed by atoms with Crippen LogP contribution in [0.15, 0.2) is 52.4 Å². The van der Waals surface area contributed by atoms with Crippen molar-refractivity contribution in [3.05, 3.63) is 63.9 Å². The highest BCUT2D eigenvalue weighted by Gasteiger charge is 2.16. The number of benzene rings is 2. The number of hydrogen-bond donors (Lipinski definition) is 1. The third-order valence-corrected chi connectivity index (χ3v) is 5.67. The van der Waals surface area contributed by atoms with Crippen LogP contribution in [-0.4, -0.2) is 27.8 Å². The van der Waals surface area contributed by atoms with E-state index < -0.39 is 0 Å². The van der Waals surface area contributed by atoms with E-state index >= 15 is 0 Å². The first-order chi connectivity index (χ1) is 13.9. The lowest BCUT2D eigenvalue weighted by Gasteiger charge is -2.16. The average Bonchev–Trinajstić information content (AvgIpc) is 2.68. The molecule has 3 aromatic rings. The second-order valence-corrected chi connectivity index (χ2v) is 8.61. The van der Waals surface area contributed by atoms with Crippen LogP contribution in [0.1, 0.15) is 31.4 Å². The molecular formula is C23H27N3O2S. The van der Waals surface area contributed by atoms with Crippen LogP contribution in [0.4, 0.5) is 0 Å². The first-order valence-corrected chi connectivity index (χ1v) is 10.8. The summed E-state index contributed by atoms with van der Waals surface area (Å²) in [6, 6.07) is 13.3. The van der Waals surface area contributed by atoms with Crippen molar-refractivity contribution in [1.82, 2.24) is 14.9 Å². The fraction of sp³-hybridized carbons (Fsp3) is 0.348. The maximum Gasteiger partial charge on any atom is 0.266 e. The van der Waals surface area contributed by atoms with E-state index in [-0.39, 0.29) is 17.2 Å². The van der Waals surface area contributed by atoms with Gasteiger partial charge in [0.25, 0.3) is 5.56 Å². The molecule has 1 amide bonds. The predicted molar refractivity (Wildman–Crippen MR) is 120 cm³/mol. The van der Waals surface area contributed by atoms with E-state index in [1.807, 2.05) is 50.2 Å². The summed E-state index contributed by atoms with van der Waals surface area (Å²) in [4.78, 5) is 30.3. The number of rotatable bonds is 7. The number of para-hydroxylation sites is 1. The summed E-state index contributed by atoms with van der Waals surface area (Å²) < 4.78 is 1.64. The lowest BCUT2D eigenvalue weighted by atomic mass is 10.1. The van der Waals surface area contributed by atoms with Crippen molar-refractivity contribution in [2.24, 2.45) is 5.92 Å². The zero-order chi connectivity index (χ0) is 21.0. The minimum Gasteiger partial charge on any atom is -0.355 e. The van der Waals surface area contributed by atoms with Crippen LogP contribution in [0, 0.1) is 19.8 Å². The van der Waals surface area contributed by atoms with E-state index in [1.165, 1.54) is 11.8 Å². The van der Waals surface area contributed by atoms with Gasteiger partial charge in [0.1, 0.15) is 0 Å². The van der Waals surface area contributed by atoms with Crippen molar-refractivity contribution in [1.29, 1.82) is 0 Å². The molecule has 0 saturated heterocycles. The van der Waals surface area contributed by atoms with Gasteiger partial charge in [-0.1, -0.05) is 49.9 Å². The van der Waals surface area contributed by atoms with Crippen molar-refractivity contribution in [2.45, 2.75) is 39.3 Å². The molecule has 0 saturated carbocycles. The van der Waals surface area contributed by atoms with Crippen molar-refractivity contribution in [2.75, 3.05) is 12.3 Å². The minimum atomic E-state index is -0.119. The van der Waals surface area contributed by atoms with Crippen molar-refractivity contribution >= 4 is 28.6 Å². The predicted octanol–water partition coefficient (Wildman–Crippen LogP) is 4.26. The zero-order valence-electron chi connectivity index (χ0n) is 17.4. The summed E-state index contributed by atoms with van der Waals surface area (Å²) in [7, 11) is 0. The van der Waals surface area contributed by atoms with Crippen LogP contribution in [0.3, 0.4) is 0 Å². The summed E-state index contributed by atoms with van der Waals surface area (Å²) in [5, 5.41) is 4.04. The molecule has 1 aromatic heterocycles. The average molecular weight is 410 g/mol. The number of amides is 1. The molecule has 0 aliphatic rings. The van der Waals surface area contributed by atoms with Gasteiger partial charge >= 0.3 is 0 Å². The normalized spacial score (nSPS) is 11.2. The number of aryl methyl sites for hydroxylation is 2. The molecule has 29 heavy (non-hydrogen) atoms. The number of carbonyl (C=O) groups excluding carboxylic acids is 1. The van der Waals surface area contributed by atoms with Crippen molar-refractivity contribution in [3.8, 4) is 5.69 Å². The smallest absolute Gasteiger partial charge is 0.266 e. The second kappa shape index (κ2) is 9.27. The van der Waals surface area contributed by atoms with Gasteiger partial charge in [0.15, 0.2) is 5.16 Å². The van der Waals surface area contributed by atoms with Crippen LogP contribution in [-0.2, 0) is 4.79 Å². The van der Waals surface area contributed by atoms with Gasteiger partial charge in [-0.2, -0.15) is 0 Å². The Morgan fingerprint density at radius 3 is 2.69 bits per heavy atom. The molecule has 0 fully saturated rings. The van der Waals surface area contributed by atoms with E-state index in [0.29, 0.717) is 28.5 Å². The Balaban J connectivity index is 1.98. The minimum absolute atomic E-state index is 0.0504. The molecule has 0 unspecified atom stereocenters. The summed E-state index contributed by atoms with van der Waals surface area (Å²) in [5.74, 6) is 0.707. The molecule has 0 bridgehead atoms. The van der Waals surface area contributed by atoms with E-state index in [2.05, 4.69) is 19.2 Å². The first kappa shape index (κ1) is 21.1. The molecule has 0 atom stereocenters. The van der Waals surface area contributed by atoms with Crippen LogP contribution >= 0.6 is 11.8 Å². The van der Waals surface area contributed by atoms with E-state index in [0.717, 1.165) is 23.2 Å². The molecule has 0 aliphatic carbocycles. The number of nitrogens with zero attached hydrogens (tertiary/aromatic N) is 2. The third kappa shape index (κ3) is 5.07. The Labute approximate surface area is 175 Å².